The summed E-state index contributed by atoms with van der Waals surface area (Å²) in [6.07, 6.45) is 0.363. The standard InChI is InChI=1S/C17H24N2O3/c1-10(2)15(20)9-18-16(21)12-5-4-6-13(8-12)19-17(22)14-7-11(14)3/h4-6,8,10-11,14-15,20H,7,9H2,1-3H3,(H,18,21)(H,19,22). The van der Waals surface area contributed by atoms with Gasteiger partial charge in [-0.25, -0.2) is 0 Å². The van der Waals surface area contributed by atoms with Crippen LogP contribution in [-0.4, -0.2) is 29.6 Å². The fraction of sp³-hybridized carbons (Fsp3) is 0.529. The highest BCUT2D eigenvalue weighted by Crippen LogP contribution is 2.38. The van der Waals surface area contributed by atoms with Gasteiger partial charge in [0.05, 0.1) is 6.10 Å². The molecule has 1 aliphatic rings. The van der Waals surface area contributed by atoms with Crippen LogP contribution in [0.1, 0.15) is 37.6 Å². The van der Waals surface area contributed by atoms with Crippen molar-refractivity contribution >= 4 is 17.5 Å². The Labute approximate surface area is 131 Å². The molecule has 5 heteroatoms. The molecule has 1 fully saturated rings. The SMILES string of the molecule is CC(C)C(O)CNC(=O)c1cccc(NC(=O)C2CC2C)c1. The molecular weight excluding hydrogens is 280 g/mol. The van der Waals surface area contributed by atoms with E-state index in [2.05, 4.69) is 10.6 Å². The molecule has 0 aromatic heterocycles. The van der Waals surface area contributed by atoms with Crippen molar-refractivity contribution in [3.8, 4) is 0 Å². The van der Waals surface area contributed by atoms with Crippen LogP contribution in [0, 0.1) is 17.8 Å². The maximum atomic E-state index is 12.1. The number of carbonyl (C=O) groups is 2. The van der Waals surface area contributed by atoms with Crippen LogP contribution in [0.2, 0.25) is 0 Å². The Hall–Kier alpha value is -1.88. The second kappa shape index (κ2) is 6.92. The lowest BCUT2D eigenvalue weighted by atomic mass is 10.1. The van der Waals surface area contributed by atoms with E-state index in [1.54, 1.807) is 24.3 Å². The molecule has 22 heavy (non-hydrogen) atoms. The van der Waals surface area contributed by atoms with Gasteiger partial charge in [0, 0.05) is 23.7 Å². The molecule has 2 rings (SSSR count). The van der Waals surface area contributed by atoms with Gasteiger partial charge in [-0.15, -0.1) is 0 Å². The minimum atomic E-state index is -0.566. The van der Waals surface area contributed by atoms with E-state index in [1.165, 1.54) is 0 Å². The van der Waals surface area contributed by atoms with Crippen LogP contribution in [0.25, 0.3) is 0 Å². The number of aliphatic hydroxyl groups excluding tert-OH is 1. The highest BCUT2D eigenvalue weighted by Gasteiger charge is 2.39. The van der Waals surface area contributed by atoms with Gasteiger partial charge in [-0.2, -0.15) is 0 Å². The molecule has 1 saturated carbocycles. The normalized spacial score (nSPS) is 21.3. The molecule has 0 aliphatic heterocycles. The summed E-state index contributed by atoms with van der Waals surface area (Å²) >= 11 is 0. The summed E-state index contributed by atoms with van der Waals surface area (Å²) in [5.41, 5.74) is 1.10. The van der Waals surface area contributed by atoms with Crippen LogP contribution in [0.15, 0.2) is 24.3 Å². The maximum Gasteiger partial charge on any atom is 0.251 e. The van der Waals surface area contributed by atoms with E-state index < -0.39 is 6.10 Å². The van der Waals surface area contributed by atoms with Crippen LogP contribution < -0.4 is 10.6 Å². The molecule has 0 radical (unpaired) electrons. The minimum absolute atomic E-state index is 0.0142. The minimum Gasteiger partial charge on any atom is -0.391 e. The van der Waals surface area contributed by atoms with Crippen molar-refractivity contribution in [3.63, 3.8) is 0 Å². The molecule has 3 unspecified atom stereocenters. The zero-order valence-electron chi connectivity index (χ0n) is 13.3. The first-order valence-electron chi connectivity index (χ1n) is 7.75. The van der Waals surface area contributed by atoms with Crippen molar-refractivity contribution < 1.29 is 14.7 Å². The summed E-state index contributed by atoms with van der Waals surface area (Å²) in [7, 11) is 0. The molecule has 1 aromatic rings. The molecule has 0 saturated heterocycles. The number of anilines is 1. The van der Waals surface area contributed by atoms with E-state index >= 15 is 0 Å². The molecular formula is C17H24N2O3. The lowest BCUT2D eigenvalue weighted by molar-refractivity contribution is -0.117. The molecule has 1 aliphatic carbocycles. The van der Waals surface area contributed by atoms with Crippen molar-refractivity contribution in [2.75, 3.05) is 11.9 Å². The van der Waals surface area contributed by atoms with Gasteiger partial charge in [-0.3, -0.25) is 9.59 Å². The number of hydrogen-bond acceptors (Lipinski definition) is 3. The maximum absolute atomic E-state index is 12.1. The predicted molar refractivity (Wildman–Crippen MR) is 85.5 cm³/mol. The second-order valence-corrected chi connectivity index (χ2v) is 6.41. The third kappa shape index (κ3) is 4.31. The van der Waals surface area contributed by atoms with Gasteiger partial charge >= 0.3 is 0 Å². The zero-order valence-corrected chi connectivity index (χ0v) is 13.3. The number of nitrogens with one attached hydrogen (secondary N) is 2. The van der Waals surface area contributed by atoms with Crippen LogP contribution in [-0.2, 0) is 4.79 Å². The van der Waals surface area contributed by atoms with Gasteiger partial charge < -0.3 is 15.7 Å². The summed E-state index contributed by atoms with van der Waals surface area (Å²) in [5, 5.41) is 15.3. The summed E-state index contributed by atoms with van der Waals surface area (Å²) in [4.78, 5) is 24.0. The van der Waals surface area contributed by atoms with Gasteiger partial charge in [0.1, 0.15) is 0 Å². The number of aliphatic hydroxyl groups is 1. The molecule has 3 N–H and O–H groups in total. The Bertz CT molecular complexity index is 557. The third-order valence-corrected chi connectivity index (χ3v) is 4.08. The van der Waals surface area contributed by atoms with Crippen molar-refractivity contribution in [1.29, 1.82) is 0 Å². The van der Waals surface area contributed by atoms with Crippen LogP contribution >= 0.6 is 0 Å². The van der Waals surface area contributed by atoms with Gasteiger partial charge in [-0.1, -0.05) is 26.8 Å². The van der Waals surface area contributed by atoms with Gasteiger partial charge in [0.15, 0.2) is 0 Å². The zero-order chi connectivity index (χ0) is 16.3. The van der Waals surface area contributed by atoms with Crippen LogP contribution in [0.5, 0.6) is 0 Å². The van der Waals surface area contributed by atoms with E-state index in [9.17, 15) is 14.7 Å². The largest absolute Gasteiger partial charge is 0.391 e. The summed E-state index contributed by atoms with van der Waals surface area (Å²) in [6.45, 7) is 6.05. The Morgan fingerprint density at radius 3 is 2.64 bits per heavy atom. The lowest BCUT2D eigenvalue weighted by Crippen LogP contribution is -2.34. The molecule has 2 amide bonds. The van der Waals surface area contributed by atoms with E-state index in [0.717, 1.165) is 6.42 Å². The first kappa shape index (κ1) is 16.5. The molecule has 3 atom stereocenters. The average molecular weight is 304 g/mol. The fourth-order valence-electron chi connectivity index (χ4n) is 2.20. The van der Waals surface area contributed by atoms with Gasteiger partial charge in [0.25, 0.3) is 5.91 Å². The van der Waals surface area contributed by atoms with Crippen LogP contribution in [0.3, 0.4) is 0 Å². The Balaban J connectivity index is 1.92. The molecule has 0 bridgehead atoms. The molecule has 1 aromatic carbocycles. The molecule has 120 valence electrons. The smallest absolute Gasteiger partial charge is 0.251 e. The number of rotatable bonds is 6. The molecule has 0 spiro atoms. The second-order valence-electron chi connectivity index (χ2n) is 6.41. The quantitative estimate of drug-likeness (QED) is 0.752. The highest BCUT2D eigenvalue weighted by molar-refractivity contribution is 5.98. The first-order valence-corrected chi connectivity index (χ1v) is 7.75. The monoisotopic (exact) mass is 304 g/mol. The Kier molecular flexibility index (Phi) is 5.19. The van der Waals surface area contributed by atoms with E-state index in [-0.39, 0.29) is 30.2 Å². The van der Waals surface area contributed by atoms with Gasteiger partial charge in [0.2, 0.25) is 5.91 Å². The average Bonchev–Trinajstić information content (AvgIpc) is 3.21. The molecule has 5 nitrogen and oxygen atoms in total. The van der Waals surface area contributed by atoms with E-state index in [4.69, 9.17) is 0 Å². The van der Waals surface area contributed by atoms with Gasteiger partial charge in [-0.05, 0) is 36.5 Å². The van der Waals surface area contributed by atoms with E-state index in [1.807, 2.05) is 20.8 Å². The molecule has 0 heterocycles. The number of benzene rings is 1. The Morgan fingerprint density at radius 2 is 2.05 bits per heavy atom. The van der Waals surface area contributed by atoms with E-state index in [0.29, 0.717) is 17.2 Å². The first-order chi connectivity index (χ1) is 10.4. The highest BCUT2D eigenvalue weighted by atomic mass is 16.3. The lowest BCUT2D eigenvalue weighted by Gasteiger charge is -2.15. The number of hydrogen-bond donors (Lipinski definition) is 3. The fourth-order valence-corrected chi connectivity index (χ4v) is 2.20. The van der Waals surface area contributed by atoms with Crippen LogP contribution in [0.4, 0.5) is 5.69 Å². The van der Waals surface area contributed by atoms with Crippen molar-refractivity contribution in [2.24, 2.45) is 17.8 Å². The predicted octanol–water partition coefficient (Wildman–Crippen LogP) is 2.03. The Morgan fingerprint density at radius 1 is 1.36 bits per heavy atom. The summed E-state index contributed by atoms with van der Waals surface area (Å²) in [5.74, 6) is 0.394. The number of carbonyl (C=O) groups excluding carboxylic acids is 2. The summed E-state index contributed by atoms with van der Waals surface area (Å²) in [6, 6.07) is 6.85. The third-order valence-electron chi connectivity index (χ3n) is 4.08. The topological polar surface area (TPSA) is 78.4 Å². The van der Waals surface area contributed by atoms with Crippen molar-refractivity contribution in [2.45, 2.75) is 33.3 Å². The van der Waals surface area contributed by atoms with Crippen molar-refractivity contribution in [1.82, 2.24) is 5.32 Å². The summed E-state index contributed by atoms with van der Waals surface area (Å²) < 4.78 is 0. The number of amides is 2. The van der Waals surface area contributed by atoms with Crippen molar-refractivity contribution in [3.05, 3.63) is 29.8 Å².